The molecule has 0 heterocycles. The molecule has 0 aliphatic rings. The molecule has 1 aromatic rings. The van der Waals surface area contributed by atoms with E-state index in [1.807, 2.05) is 0 Å². The molecule has 1 aromatic carbocycles. The van der Waals surface area contributed by atoms with E-state index >= 15 is 0 Å². The van der Waals surface area contributed by atoms with Gasteiger partial charge < -0.3 is 0 Å². The molecule has 0 fully saturated rings. The summed E-state index contributed by atoms with van der Waals surface area (Å²) in [5.74, 6) is -0.354. The number of hydrogen-bond donors (Lipinski definition) is 0. The molecule has 16 heavy (non-hydrogen) atoms. The van der Waals surface area contributed by atoms with Crippen LogP contribution in [0.5, 0.6) is 0 Å². The summed E-state index contributed by atoms with van der Waals surface area (Å²) < 4.78 is 0. The Morgan fingerprint density at radius 3 is 2.38 bits per heavy atom. The molecule has 0 saturated carbocycles. The topological polar surface area (TPSA) is 34.1 Å². The summed E-state index contributed by atoms with van der Waals surface area (Å²) in [7, 11) is 0. The minimum atomic E-state index is -0.194. The Morgan fingerprint density at radius 1 is 1.06 bits per heavy atom. The fourth-order valence-corrected chi connectivity index (χ4v) is 1.22. The number of allylic oxidation sites excluding steroid dienone is 3. The van der Waals surface area contributed by atoms with Crippen LogP contribution in [0.25, 0.3) is 6.08 Å². The van der Waals surface area contributed by atoms with Crippen LogP contribution in [0.15, 0.2) is 55.7 Å². The van der Waals surface area contributed by atoms with Gasteiger partial charge in [-0.05, 0) is 23.8 Å². The van der Waals surface area contributed by atoms with Crippen LogP contribution in [0.2, 0.25) is 0 Å². The summed E-state index contributed by atoms with van der Waals surface area (Å²) in [4.78, 5) is 22.5. The Balaban J connectivity index is 3.09. The second-order valence-corrected chi connectivity index (χ2v) is 3.10. The first-order valence-electron chi connectivity index (χ1n) is 4.79. The van der Waals surface area contributed by atoms with Crippen LogP contribution >= 0.6 is 0 Å². The molecule has 0 amide bonds. The van der Waals surface area contributed by atoms with Crippen molar-refractivity contribution in [3.05, 3.63) is 66.8 Å². The highest BCUT2D eigenvalue weighted by Gasteiger charge is 2.04. The molecule has 0 atom stereocenters. The van der Waals surface area contributed by atoms with Gasteiger partial charge in [0.2, 0.25) is 0 Å². The molecule has 1 rings (SSSR count). The lowest BCUT2D eigenvalue weighted by Gasteiger charge is -2.00. The van der Waals surface area contributed by atoms with E-state index in [4.69, 9.17) is 0 Å². The van der Waals surface area contributed by atoms with Crippen molar-refractivity contribution >= 4 is 17.6 Å². The van der Waals surface area contributed by atoms with Crippen molar-refractivity contribution in [2.24, 2.45) is 0 Å². The van der Waals surface area contributed by atoms with Gasteiger partial charge in [0.05, 0.1) is 0 Å². The molecular formula is C14H12O2. The van der Waals surface area contributed by atoms with Gasteiger partial charge >= 0.3 is 0 Å². The van der Waals surface area contributed by atoms with E-state index in [9.17, 15) is 9.59 Å². The summed E-state index contributed by atoms with van der Waals surface area (Å²) in [5.41, 5.74) is 1.23. The number of rotatable bonds is 5. The van der Waals surface area contributed by atoms with Crippen LogP contribution in [0, 0.1) is 0 Å². The van der Waals surface area contributed by atoms with Crippen LogP contribution in [0.3, 0.4) is 0 Å². The van der Waals surface area contributed by atoms with Crippen LogP contribution < -0.4 is 0 Å². The number of carbonyl (C=O) groups is 2. The monoisotopic (exact) mass is 212 g/mol. The molecule has 0 N–H and O–H groups in total. The SMILES string of the molecule is C=CC(=O)/C=C/c1ccccc1C(=O)C=C. The summed E-state index contributed by atoms with van der Waals surface area (Å²) in [6.45, 7) is 6.80. The third-order valence-electron chi connectivity index (χ3n) is 2.04. The van der Waals surface area contributed by atoms with Crippen molar-refractivity contribution in [1.29, 1.82) is 0 Å². The Morgan fingerprint density at radius 2 is 1.75 bits per heavy atom. The lowest BCUT2D eigenvalue weighted by molar-refractivity contribution is -0.110. The zero-order chi connectivity index (χ0) is 12.0. The highest BCUT2D eigenvalue weighted by Crippen LogP contribution is 2.12. The Hall–Kier alpha value is -2.22. The Labute approximate surface area is 94.6 Å². The molecule has 2 heteroatoms. The van der Waals surface area contributed by atoms with Gasteiger partial charge in [0.15, 0.2) is 11.6 Å². The second kappa shape index (κ2) is 5.61. The maximum atomic E-state index is 11.5. The predicted molar refractivity (Wildman–Crippen MR) is 65.2 cm³/mol. The molecule has 0 spiro atoms. The first-order chi connectivity index (χ1) is 7.69. The van der Waals surface area contributed by atoms with Gasteiger partial charge in [0.1, 0.15) is 0 Å². The number of ketones is 2. The van der Waals surface area contributed by atoms with E-state index < -0.39 is 0 Å². The molecule has 0 bridgehead atoms. The lowest BCUT2D eigenvalue weighted by atomic mass is 10.0. The Kier molecular flexibility index (Phi) is 4.16. The van der Waals surface area contributed by atoms with Crippen molar-refractivity contribution in [1.82, 2.24) is 0 Å². The van der Waals surface area contributed by atoms with Crippen molar-refractivity contribution in [3.63, 3.8) is 0 Å². The minimum absolute atomic E-state index is 0.161. The van der Waals surface area contributed by atoms with Crippen molar-refractivity contribution in [3.8, 4) is 0 Å². The molecule has 0 aromatic heterocycles. The van der Waals surface area contributed by atoms with Crippen LogP contribution in [0.4, 0.5) is 0 Å². The molecule has 0 saturated heterocycles. The van der Waals surface area contributed by atoms with Gasteiger partial charge in [-0.15, -0.1) is 0 Å². The summed E-state index contributed by atoms with van der Waals surface area (Å²) in [6.07, 6.45) is 5.44. The summed E-state index contributed by atoms with van der Waals surface area (Å²) in [5, 5.41) is 0. The molecule has 2 nitrogen and oxygen atoms in total. The first-order valence-corrected chi connectivity index (χ1v) is 4.79. The number of benzene rings is 1. The summed E-state index contributed by atoms with van der Waals surface area (Å²) >= 11 is 0. The summed E-state index contributed by atoms with van der Waals surface area (Å²) in [6, 6.07) is 7.03. The normalized spacial score (nSPS) is 10.0. The molecule has 0 aliphatic heterocycles. The fraction of sp³-hybridized carbons (Fsp3) is 0. The highest BCUT2D eigenvalue weighted by molar-refractivity contribution is 6.08. The zero-order valence-electron chi connectivity index (χ0n) is 8.85. The van der Waals surface area contributed by atoms with Gasteiger partial charge in [0, 0.05) is 5.56 Å². The van der Waals surface area contributed by atoms with E-state index in [1.54, 1.807) is 30.3 Å². The predicted octanol–water partition coefficient (Wildman–Crippen LogP) is 2.82. The van der Waals surface area contributed by atoms with Crippen LogP contribution in [0.1, 0.15) is 15.9 Å². The maximum Gasteiger partial charge on any atom is 0.185 e. The largest absolute Gasteiger partial charge is 0.290 e. The number of hydrogen-bond acceptors (Lipinski definition) is 2. The third kappa shape index (κ3) is 2.89. The van der Waals surface area contributed by atoms with Crippen molar-refractivity contribution in [2.75, 3.05) is 0 Å². The van der Waals surface area contributed by atoms with Crippen molar-refractivity contribution in [2.45, 2.75) is 0 Å². The van der Waals surface area contributed by atoms with Gasteiger partial charge in [-0.25, -0.2) is 0 Å². The zero-order valence-corrected chi connectivity index (χ0v) is 8.85. The molecule has 80 valence electrons. The van der Waals surface area contributed by atoms with Gasteiger partial charge in [-0.2, -0.15) is 0 Å². The second-order valence-electron chi connectivity index (χ2n) is 3.10. The standard InChI is InChI=1S/C14H12O2/c1-3-12(15)10-9-11-7-5-6-8-13(11)14(16)4-2/h3-10H,1-2H2/b10-9+. The molecule has 0 radical (unpaired) electrons. The van der Waals surface area contributed by atoms with Gasteiger partial charge in [-0.3, -0.25) is 9.59 Å². The lowest BCUT2D eigenvalue weighted by Crippen LogP contribution is -1.96. The minimum Gasteiger partial charge on any atom is -0.290 e. The van der Waals surface area contributed by atoms with E-state index in [0.717, 1.165) is 0 Å². The van der Waals surface area contributed by atoms with Gasteiger partial charge in [0.25, 0.3) is 0 Å². The first kappa shape index (κ1) is 11.9. The fourth-order valence-electron chi connectivity index (χ4n) is 1.22. The Bertz CT molecular complexity index is 467. The van der Waals surface area contributed by atoms with Crippen LogP contribution in [-0.2, 0) is 4.79 Å². The molecule has 0 unspecified atom stereocenters. The van der Waals surface area contributed by atoms with Crippen molar-refractivity contribution < 1.29 is 9.59 Å². The highest BCUT2D eigenvalue weighted by atomic mass is 16.1. The van der Waals surface area contributed by atoms with E-state index in [2.05, 4.69) is 13.2 Å². The van der Waals surface area contributed by atoms with E-state index in [1.165, 1.54) is 18.2 Å². The molecular weight excluding hydrogens is 200 g/mol. The average Bonchev–Trinajstić information content (AvgIpc) is 2.35. The smallest absolute Gasteiger partial charge is 0.185 e. The molecule has 0 aliphatic carbocycles. The number of carbonyl (C=O) groups excluding carboxylic acids is 2. The average molecular weight is 212 g/mol. The van der Waals surface area contributed by atoms with E-state index in [0.29, 0.717) is 11.1 Å². The van der Waals surface area contributed by atoms with E-state index in [-0.39, 0.29) is 11.6 Å². The van der Waals surface area contributed by atoms with Crippen LogP contribution in [-0.4, -0.2) is 11.6 Å². The maximum absolute atomic E-state index is 11.5. The quantitative estimate of drug-likeness (QED) is 0.555. The third-order valence-corrected chi connectivity index (χ3v) is 2.04. The van der Waals surface area contributed by atoms with Gasteiger partial charge in [-0.1, -0.05) is 43.5 Å².